The predicted octanol–water partition coefficient (Wildman–Crippen LogP) is 2.38. The highest BCUT2D eigenvalue weighted by Crippen LogP contribution is 2.26. The van der Waals surface area contributed by atoms with Crippen molar-refractivity contribution < 1.29 is 14.3 Å². The fourth-order valence-corrected chi connectivity index (χ4v) is 1.59. The summed E-state index contributed by atoms with van der Waals surface area (Å²) in [6, 6.07) is 5.25. The molecule has 0 fully saturated rings. The summed E-state index contributed by atoms with van der Waals surface area (Å²) in [6.45, 7) is 4.06. The third-order valence-electron chi connectivity index (χ3n) is 2.58. The molecule has 0 aliphatic carbocycles. The highest BCUT2D eigenvalue weighted by atomic mass is 35.5. The summed E-state index contributed by atoms with van der Waals surface area (Å²) in [5.74, 6) is 0.279. The van der Waals surface area contributed by atoms with Gasteiger partial charge < -0.3 is 15.2 Å². The Morgan fingerprint density at radius 1 is 1.44 bits per heavy atom. The van der Waals surface area contributed by atoms with Gasteiger partial charge in [0.1, 0.15) is 12.4 Å². The average molecular weight is 272 g/mol. The molecule has 1 aromatic rings. The minimum Gasteiger partial charge on any atom is -0.492 e. The molecular formula is C13H18ClNO3. The van der Waals surface area contributed by atoms with Crippen molar-refractivity contribution in [1.82, 2.24) is 0 Å². The average Bonchev–Trinajstić information content (AvgIpc) is 2.35. The molecule has 0 aliphatic rings. The summed E-state index contributed by atoms with van der Waals surface area (Å²) < 4.78 is 10.3. The van der Waals surface area contributed by atoms with Gasteiger partial charge >= 0.3 is 5.97 Å². The van der Waals surface area contributed by atoms with Crippen LogP contribution in [0.2, 0.25) is 5.02 Å². The second-order valence-corrected chi connectivity index (χ2v) is 5.06. The van der Waals surface area contributed by atoms with Crippen LogP contribution in [0.3, 0.4) is 0 Å². The van der Waals surface area contributed by atoms with Gasteiger partial charge in [-0.05, 0) is 26.0 Å². The summed E-state index contributed by atoms with van der Waals surface area (Å²) in [6.07, 6.45) is 0. The third-order valence-corrected chi connectivity index (χ3v) is 2.81. The van der Waals surface area contributed by atoms with Crippen LogP contribution in [0.4, 0.5) is 0 Å². The number of nitrogens with two attached hydrogens (primary N) is 1. The molecule has 0 aliphatic heterocycles. The molecule has 0 spiro atoms. The molecule has 1 rings (SSSR count). The van der Waals surface area contributed by atoms with E-state index in [0.29, 0.717) is 17.3 Å². The van der Waals surface area contributed by atoms with Gasteiger partial charge in [0.05, 0.1) is 12.5 Å². The topological polar surface area (TPSA) is 61.5 Å². The van der Waals surface area contributed by atoms with Crippen LogP contribution in [0.5, 0.6) is 5.75 Å². The van der Waals surface area contributed by atoms with E-state index in [4.69, 9.17) is 26.8 Å². The number of carbonyl (C=O) groups is 1. The summed E-state index contributed by atoms with van der Waals surface area (Å²) in [5, 5.41) is 0.568. The Kier molecular flexibility index (Phi) is 4.99. The lowest BCUT2D eigenvalue weighted by Crippen LogP contribution is -2.32. The summed E-state index contributed by atoms with van der Waals surface area (Å²) in [4.78, 5) is 11.5. The first kappa shape index (κ1) is 14.8. The highest BCUT2D eigenvalue weighted by Gasteiger charge is 2.30. The minimum atomic E-state index is -0.719. The molecule has 100 valence electrons. The summed E-state index contributed by atoms with van der Waals surface area (Å²) in [7, 11) is 1.36. The molecule has 0 saturated heterocycles. The van der Waals surface area contributed by atoms with Crippen molar-refractivity contribution >= 4 is 17.6 Å². The van der Waals surface area contributed by atoms with Gasteiger partial charge in [0.15, 0.2) is 0 Å². The van der Waals surface area contributed by atoms with Crippen LogP contribution < -0.4 is 10.5 Å². The maximum Gasteiger partial charge on any atom is 0.314 e. The Morgan fingerprint density at radius 3 is 2.67 bits per heavy atom. The fourth-order valence-electron chi connectivity index (χ4n) is 1.42. The van der Waals surface area contributed by atoms with Crippen molar-refractivity contribution in [2.45, 2.75) is 20.4 Å². The molecular weight excluding hydrogens is 254 g/mol. The maximum atomic E-state index is 11.5. The molecule has 0 radical (unpaired) electrons. The van der Waals surface area contributed by atoms with Crippen LogP contribution in [-0.4, -0.2) is 19.7 Å². The van der Waals surface area contributed by atoms with Crippen LogP contribution in [0.25, 0.3) is 0 Å². The summed E-state index contributed by atoms with van der Waals surface area (Å²) in [5.41, 5.74) is 5.74. The Balaban J connectivity index is 2.80. The Bertz CT molecular complexity index is 432. The van der Waals surface area contributed by atoms with E-state index >= 15 is 0 Å². The smallest absolute Gasteiger partial charge is 0.314 e. The molecule has 2 N–H and O–H groups in total. The number of hydrogen-bond acceptors (Lipinski definition) is 4. The van der Waals surface area contributed by atoms with Gasteiger partial charge in [-0.3, -0.25) is 4.79 Å². The molecule has 0 bridgehead atoms. The van der Waals surface area contributed by atoms with E-state index in [1.165, 1.54) is 7.11 Å². The maximum absolute atomic E-state index is 11.5. The van der Waals surface area contributed by atoms with Crippen LogP contribution in [0.15, 0.2) is 18.2 Å². The number of rotatable bonds is 5. The number of ether oxygens (including phenoxy) is 2. The van der Waals surface area contributed by atoms with E-state index in [1.807, 2.05) is 6.07 Å². The second-order valence-electron chi connectivity index (χ2n) is 4.62. The molecule has 5 heteroatoms. The predicted molar refractivity (Wildman–Crippen MR) is 70.6 cm³/mol. The Labute approximate surface area is 112 Å². The molecule has 0 saturated carbocycles. The van der Waals surface area contributed by atoms with E-state index in [2.05, 4.69) is 0 Å². The van der Waals surface area contributed by atoms with Crippen LogP contribution in [0.1, 0.15) is 19.4 Å². The molecule has 0 heterocycles. The van der Waals surface area contributed by atoms with E-state index in [1.54, 1.807) is 26.0 Å². The Hall–Kier alpha value is -1.26. The number of esters is 1. The quantitative estimate of drug-likeness (QED) is 0.835. The molecule has 18 heavy (non-hydrogen) atoms. The standard InChI is InChI=1S/C13H18ClNO3/c1-13(2,12(16)17-3)8-18-11-6-10(14)5-4-9(11)7-15/h4-6H,7-8,15H2,1-3H3. The molecule has 1 aromatic carbocycles. The van der Waals surface area contributed by atoms with Gasteiger partial charge in [0.25, 0.3) is 0 Å². The minimum absolute atomic E-state index is 0.201. The Morgan fingerprint density at radius 2 is 2.11 bits per heavy atom. The van der Waals surface area contributed by atoms with Crippen molar-refractivity contribution in [3.63, 3.8) is 0 Å². The molecule has 0 atom stereocenters. The van der Waals surface area contributed by atoms with Crippen LogP contribution in [0, 0.1) is 5.41 Å². The lowest BCUT2D eigenvalue weighted by atomic mass is 9.95. The zero-order valence-corrected chi connectivity index (χ0v) is 11.6. The van der Waals surface area contributed by atoms with Gasteiger partial charge in [-0.1, -0.05) is 17.7 Å². The molecule has 4 nitrogen and oxygen atoms in total. The van der Waals surface area contributed by atoms with Crippen molar-refractivity contribution in [2.75, 3.05) is 13.7 Å². The fraction of sp³-hybridized carbons (Fsp3) is 0.462. The largest absolute Gasteiger partial charge is 0.492 e. The monoisotopic (exact) mass is 271 g/mol. The molecule has 0 amide bonds. The van der Waals surface area contributed by atoms with Crippen LogP contribution in [-0.2, 0) is 16.1 Å². The van der Waals surface area contributed by atoms with Gasteiger partial charge in [0.2, 0.25) is 0 Å². The highest BCUT2D eigenvalue weighted by molar-refractivity contribution is 6.30. The number of carbonyl (C=O) groups excluding carboxylic acids is 1. The first-order valence-electron chi connectivity index (χ1n) is 5.60. The third kappa shape index (κ3) is 3.62. The van der Waals surface area contributed by atoms with Gasteiger partial charge in [-0.2, -0.15) is 0 Å². The first-order chi connectivity index (χ1) is 8.40. The lowest BCUT2D eigenvalue weighted by Gasteiger charge is -2.22. The van der Waals surface area contributed by atoms with Gasteiger partial charge in [0, 0.05) is 17.1 Å². The number of halogens is 1. The molecule has 0 unspecified atom stereocenters. The van der Waals surface area contributed by atoms with E-state index < -0.39 is 5.41 Å². The first-order valence-corrected chi connectivity index (χ1v) is 5.98. The molecule has 0 aromatic heterocycles. The van der Waals surface area contributed by atoms with E-state index in [-0.39, 0.29) is 12.6 Å². The zero-order chi connectivity index (χ0) is 13.8. The lowest BCUT2D eigenvalue weighted by molar-refractivity contribution is -0.152. The van der Waals surface area contributed by atoms with Crippen molar-refractivity contribution in [3.8, 4) is 5.75 Å². The normalized spacial score (nSPS) is 11.2. The SMILES string of the molecule is COC(=O)C(C)(C)COc1cc(Cl)ccc1CN. The zero-order valence-electron chi connectivity index (χ0n) is 10.8. The number of benzene rings is 1. The van der Waals surface area contributed by atoms with Gasteiger partial charge in [-0.25, -0.2) is 0 Å². The van der Waals surface area contributed by atoms with Gasteiger partial charge in [-0.15, -0.1) is 0 Å². The van der Waals surface area contributed by atoms with Crippen LogP contribution >= 0.6 is 11.6 Å². The van der Waals surface area contributed by atoms with E-state index in [9.17, 15) is 4.79 Å². The van der Waals surface area contributed by atoms with E-state index in [0.717, 1.165) is 5.56 Å². The summed E-state index contributed by atoms with van der Waals surface area (Å²) >= 11 is 5.90. The van der Waals surface area contributed by atoms with Crippen molar-refractivity contribution in [3.05, 3.63) is 28.8 Å². The van der Waals surface area contributed by atoms with Crippen molar-refractivity contribution in [1.29, 1.82) is 0 Å². The number of hydrogen-bond donors (Lipinski definition) is 1. The number of methoxy groups -OCH3 is 1. The second kappa shape index (κ2) is 6.07. The van der Waals surface area contributed by atoms with Crippen molar-refractivity contribution in [2.24, 2.45) is 11.1 Å².